The SMILES string of the molecule is CCc1ccc(C2SC[C@H]3C(=O)NC(=O)N23)cc1.COc1ccc(C2SC[C@H]3C(=O)NC(=O)N23)cc1. The summed E-state index contributed by atoms with van der Waals surface area (Å²) in [6, 6.07) is 14.7. The fourth-order valence-corrected chi connectivity index (χ4v) is 7.48. The van der Waals surface area contributed by atoms with Gasteiger partial charge in [-0.05, 0) is 35.2 Å². The number of benzene rings is 2. The molecule has 0 bridgehead atoms. The third-order valence-electron chi connectivity index (χ3n) is 6.61. The maximum absolute atomic E-state index is 11.8. The molecule has 6 rings (SSSR count). The van der Waals surface area contributed by atoms with Gasteiger partial charge in [0.1, 0.15) is 28.6 Å². The lowest BCUT2D eigenvalue weighted by Gasteiger charge is -2.21. The van der Waals surface area contributed by atoms with Gasteiger partial charge in [-0.2, -0.15) is 0 Å². The summed E-state index contributed by atoms with van der Waals surface area (Å²) in [6.45, 7) is 2.11. The molecule has 2 aromatic rings. The van der Waals surface area contributed by atoms with Gasteiger partial charge in [0.25, 0.3) is 11.8 Å². The zero-order valence-electron chi connectivity index (χ0n) is 19.8. The van der Waals surface area contributed by atoms with Crippen LogP contribution in [0.1, 0.15) is 34.4 Å². The Bertz CT molecular complexity index is 1100. The normalized spacial score (nSPS) is 26.3. The second-order valence-corrected chi connectivity index (χ2v) is 10.9. The van der Waals surface area contributed by atoms with Gasteiger partial charge >= 0.3 is 12.1 Å². The highest BCUT2D eigenvalue weighted by Crippen LogP contribution is 2.44. The molecule has 4 aliphatic heterocycles. The summed E-state index contributed by atoms with van der Waals surface area (Å²) < 4.78 is 5.10. The molecule has 2 aromatic carbocycles. The van der Waals surface area contributed by atoms with Crippen LogP contribution in [0, 0.1) is 0 Å². The second-order valence-electron chi connectivity index (χ2n) is 8.67. The zero-order chi connectivity index (χ0) is 25.4. The van der Waals surface area contributed by atoms with Gasteiger partial charge in [-0.3, -0.25) is 30.0 Å². The predicted octanol–water partition coefficient (Wildman–Crippen LogP) is 3.28. The molecule has 2 unspecified atom stereocenters. The van der Waals surface area contributed by atoms with Gasteiger partial charge in [-0.25, -0.2) is 9.59 Å². The Balaban J connectivity index is 0.000000148. The number of methoxy groups -OCH3 is 1. The van der Waals surface area contributed by atoms with E-state index in [1.165, 1.54) is 5.56 Å². The Morgan fingerprint density at radius 1 is 0.778 bits per heavy atom. The summed E-state index contributed by atoms with van der Waals surface area (Å²) >= 11 is 3.26. The Hall–Kier alpha value is -3.18. The summed E-state index contributed by atoms with van der Waals surface area (Å²) in [5, 5.41) is 4.60. The van der Waals surface area contributed by atoms with Gasteiger partial charge < -0.3 is 4.74 Å². The molecular formula is C25H26N4O5S2. The van der Waals surface area contributed by atoms with Crippen LogP contribution in [0.4, 0.5) is 9.59 Å². The average molecular weight is 527 g/mol. The van der Waals surface area contributed by atoms with Gasteiger partial charge in [0.05, 0.1) is 7.11 Å². The molecule has 0 spiro atoms. The number of rotatable bonds is 4. The van der Waals surface area contributed by atoms with E-state index in [4.69, 9.17) is 4.74 Å². The van der Waals surface area contributed by atoms with Crippen LogP contribution < -0.4 is 15.4 Å². The van der Waals surface area contributed by atoms with Crippen molar-refractivity contribution in [1.29, 1.82) is 0 Å². The first-order valence-electron chi connectivity index (χ1n) is 11.6. The summed E-state index contributed by atoms with van der Waals surface area (Å²) in [7, 11) is 1.61. The van der Waals surface area contributed by atoms with E-state index in [-0.39, 0.29) is 46.7 Å². The molecule has 0 aliphatic carbocycles. The molecule has 2 N–H and O–H groups in total. The van der Waals surface area contributed by atoms with Crippen molar-refractivity contribution in [3.8, 4) is 5.75 Å². The first-order chi connectivity index (χ1) is 17.4. The van der Waals surface area contributed by atoms with E-state index in [1.807, 2.05) is 24.3 Å². The Labute approximate surface area is 217 Å². The van der Waals surface area contributed by atoms with Crippen molar-refractivity contribution in [1.82, 2.24) is 20.4 Å². The standard InChI is InChI=1S/C13H14N2O2S.C12H12N2O3S/c1-2-8-3-5-9(6-4-8)12-15-10(7-18-12)11(16)14-13(15)17;1-17-8-4-2-7(3-5-8)11-14-9(6-18-11)10(15)13-12(14)16/h3-6,10,12H,2,7H2,1H3,(H,14,16,17);2-5,9,11H,6H2,1H3,(H,13,15,16)/t10-,12?;9-,11?/m00/s1. The van der Waals surface area contributed by atoms with Crippen LogP contribution in [0.3, 0.4) is 0 Å². The van der Waals surface area contributed by atoms with Crippen LogP contribution in [0.15, 0.2) is 48.5 Å². The van der Waals surface area contributed by atoms with E-state index in [1.54, 1.807) is 40.4 Å². The minimum absolute atomic E-state index is 0.0349. The number of amides is 6. The monoisotopic (exact) mass is 526 g/mol. The Morgan fingerprint density at radius 3 is 1.64 bits per heavy atom. The topological polar surface area (TPSA) is 108 Å². The number of nitrogens with zero attached hydrogens (tertiary/aromatic N) is 2. The molecular weight excluding hydrogens is 500 g/mol. The molecule has 4 aliphatic rings. The zero-order valence-corrected chi connectivity index (χ0v) is 21.4. The molecule has 0 radical (unpaired) electrons. The molecule has 4 heterocycles. The van der Waals surface area contributed by atoms with Crippen molar-refractivity contribution in [3.63, 3.8) is 0 Å². The van der Waals surface area contributed by atoms with E-state index in [9.17, 15) is 19.2 Å². The molecule has 4 atom stereocenters. The van der Waals surface area contributed by atoms with Crippen molar-refractivity contribution in [2.45, 2.75) is 36.2 Å². The lowest BCUT2D eigenvalue weighted by molar-refractivity contribution is -0.121. The van der Waals surface area contributed by atoms with E-state index in [0.717, 1.165) is 23.3 Å². The Kier molecular flexibility index (Phi) is 6.85. The van der Waals surface area contributed by atoms with Gasteiger partial charge in [-0.15, -0.1) is 23.5 Å². The number of imide groups is 2. The molecule has 9 nitrogen and oxygen atoms in total. The number of carbonyl (C=O) groups is 4. The van der Waals surface area contributed by atoms with Gasteiger partial charge in [0.15, 0.2) is 0 Å². The third kappa shape index (κ3) is 4.41. The summed E-state index contributed by atoms with van der Waals surface area (Å²) in [5.74, 6) is 1.75. The second kappa shape index (κ2) is 10.1. The molecule has 11 heteroatoms. The number of carbonyl (C=O) groups excluding carboxylic acids is 4. The minimum atomic E-state index is -0.324. The number of nitrogens with one attached hydrogen (secondary N) is 2. The van der Waals surface area contributed by atoms with E-state index in [2.05, 4.69) is 41.8 Å². The van der Waals surface area contributed by atoms with Crippen molar-refractivity contribution < 1.29 is 23.9 Å². The molecule has 0 saturated carbocycles. The van der Waals surface area contributed by atoms with E-state index in [0.29, 0.717) is 11.5 Å². The molecule has 6 amide bonds. The van der Waals surface area contributed by atoms with E-state index >= 15 is 0 Å². The molecule has 4 fully saturated rings. The lowest BCUT2D eigenvalue weighted by Crippen LogP contribution is -2.32. The number of thioether (sulfide) groups is 2. The number of fused-ring (bicyclic) bond motifs is 2. The van der Waals surface area contributed by atoms with E-state index < -0.39 is 0 Å². The highest BCUT2D eigenvalue weighted by molar-refractivity contribution is 8.00. The minimum Gasteiger partial charge on any atom is -0.497 e. The first kappa shape index (κ1) is 24.5. The average Bonchev–Trinajstić information content (AvgIpc) is 3.65. The first-order valence-corrected chi connectivity index (χ1v) is 13.7. The van der Waals surface area contributed by atoms with Gasteiger partial charge in [0.2, 0.25) is 0 Å². The highest BCUT2D eigenvalue weighted by Gasteiger charge is 2.49. The number of urea groups is 2. The predicted molar refractivity (Wildman–Crippen MR) is 138 cm³/mol. The van der Waals surface area contributed by atoms with Crippen LogP contribution in [0.5, 0.6) is 5.75 Å². The summed E-state index contributed by atoms with van der Waals surface area (Å²) in [5.41, 5.74) is 3.37. The Morgan fingerprint density at radius 2 is 1.22 bits per heavy atom. The van der Waals surface area contributed by atoms with Crippen LogP contribution >= 0.6 is 23.5 Å². The highest BCUT2D eigenvalue weighted by atomic mass is 32.2. The molecule has 4 saturated heterocycles. The largest absolute Gasteiger partial charge is 0.497 e. The van der Waals surface area contributed by atoms with Crippen molar-refractivity contribution in [2.75, 3.05) is 18.6 Å². The maximum Gasteiger partial charge on any atom is 0.326 e. The quantitative estimate of drug-likeness (QED) is 0.589. The van der Waals surface area contributed by atoms with Crippen LogP contribution in [0.2, 0.25) is 0 Å². The van der Waals surface area contributed by atoms with Gasteiger partial charge in [0, 0.05) is 11.5 Å². The summed E-state index contributed by atoms with van der Waals surface area (Å²) in [6.07, 6.45) is 1.00. The number of hydrogen-bond donors (Lipinski definition) is 2. The number of aryl methyl sites for hydroxylation is 1. The van der Waals surface area contributed by atoms with Crippen LogP contribution in [-0.4, -0.2) is 64.4 Å². The fraction of sp³-hybridized carbons (Fsp3) is 0.360. The number of ether oxygens (including phenoxy) is 1. The van der Waals surface area contributed by atoms with Crippen LogP contribution in [0.25, 0.3) is 0 Å². The smallest absolute Gasteiger partial charge is 0.326 e. The van der Waals surface area contributed by atoms with Crippen molar-refractivity contribution in [3.05, 3.63) is 65.2 Å². The molecule has 36 heavy (non-hydrogen) atoms. The van der Waals surface area contributed by atoms with Crippen LogP contribution in [-0.2, 0) is 16.0 Å². The maximum atomic E-state index is 11.8. The number of hydrogen-bond acceptors (Lipinski definition) is 7. The summed E-state index contributed by atoms with van der Waals surface area (Å²) in [4.78, 5) is 49.9. The fourth-order valence-electron chi connectivity index (χ4n) is 4.62. The van der Waals surface area contributed by atoms with Gasteiger partial charge in [-0.1, -0.05) is 43.3 Å². The van der Waals surface area contributed by atoms with Crippen molar-refractivity contribution >= 4 is 47.4 Å². The van der Waals surface area contributed by atoms with Crippen molar-refractivity contribution in [2.24, 2.45) is 0 Å². The molecule has 188 valence electrons. The third-order valence-corrected chi connectivity index (χ3v) is 9.26. The lowest BCUT2D eigenvalue weighted by atomic mass is 10.1. The molecule has 0 aromatic heterocycles.